The van der Waals surface area contributed by atoms with E-state index in [9.17, 15) is 27.1 Å². The number of hydrogen-bond acceptors (Lipinski definition) is 7. The van der Waals surface area contributed by atoms with Crippen molar-refractivity contribution >= 4 is 33.6 Å². The largest absolute Gasteiger partial charge is 0.506 e. The van der Waals surface area contributed by atoms with Crippen LogP contribution in [0.25, 0.3) is 0 Å². The molecule has 0 aliphatic carbocycles. The van der Waals surface area contributed by atoms with Gasteiger partial charge < -0.3 is 15.2 Å². The van der Waals surface area contributed by atoms with Crippen molar-refractivity contribution in [1.29, 1.82) is 0 Å². The number of nitrogens with one attached hydrogen (secondary N) is 2. The zero-order valence-electron chi connectivity index (χ0n) is 15.2. The number of alkyl halides is 2. The Morgan fingerprint density at radius 3 is 2.86 bits per heavy atom. The lowest BCUT2D eigenvalue weighted by Gasteiger charge is -2.28. The summed E-state index contributed by atoms with van der Waals surface area (Å²) in [5.41, 5.74) is -0.307. The van der Waals surface area contributed by atoms with E-state index in [0.717, 1.165) is 0 Å². The number of carbonyl (C=O) groups is 1. The van der Waals surface area contributed by atoms with E-state index >= 15 is 4.39 Å². The molecule has 0 saturated carbocycles. The second-order valence-electron chi connectivity index (χ2n) is 6.56. The highest BCUT2D eigenvalue weighted by Crippen LogP contribution is 2.42. The molecule has 2 aliphatic heterocycles. The maximum Gasteiger partial charge on any atom is 0.326 e. The van der Waals surface area contributed by atoms with Gasteiger partial charge in [0.15, 0.2) is 5.82 Å². The number of nitrogens with zero attached hydrogens (tertiary/aromatic N) is 1. The molecule has 8 nitrogen and oxygen atoms in total. The van der Waals surface area contributed by atoms with Crippen LogP contribution in [0.5, 0.6) is 5.75 Å². The lowest BCUT2D eigenvalue weighted by atomic mass is 10.0. The van der Waals surface area contributed by atoms with Gasteiger partial charge in [-0.05, 0) is 25.5 Å². The number of hydrogen-bond donors (Lipinski definition) is 3. The molecule has 1 fully saturated rings. The van der Waals surface area contributed by atoms with Gasteiger partial charge in [0.1, 0.15) is 24.6 Å². The molecule has 0 unspecified atom stereocenters. The highest BCUT2D eigenvalue weighted by atomic mass is 32.2. The zero-order valence-corrected chi connectivity index (χ0v) is 16.8. The number of benzene rings is 1. The molecule has 3 rings (SSSR count). The van der Waals surface area contributed by atoms with Crippen LogP contribution in [-0.4, -0.2) is 64.0 Å². The van der Waals surface area contributed by atoms with E-state index in [2.05, 4.69) is 5.32 Å². The third-order valence-electron chi connectivity index (χ3n) is 4.38. The number of halogens is 3. The van der Waals surface area contributed by atoms with E-state index in [-0.39, 0.29) is 24.6 Å². The summed E-state index contributed by atoms with van der Waals surface area (Å²) in [6.07, 6.45) is -1.76. The van der Waals surface area contributed by atoms with Gasteiger partial charge in [0.05, 0.1) is 0 Å². The van der Waals surface area contributed by atoms with Crippen molar-refractivity contribution in [3.8, 4) is 5.75 Å². The molecule has 1 aromatic carbocycles. The Kier molecular flexibility index (Phi) is 6.81. The summed E-state index contributed by atoms with van der Waals surface area (Å²) < 4.78 is 70.2. The molecule has 0 radical (unpaired) electrons. The minimum Gasteiger partial charge on any atom is -0.506 e. The molecular formula is C16H20F3N3O5S2. The normalized spacial score (nSPS) is 20.8. The van der Waals surface area contributed by atoms with Crippen molar-refractivity contribution < 1.29 is 36.2 Å². The first-order valence-corrected chi connectivity index (χ1v) is 11.2. The van der Waals surface area contributed by atoms with Gasteiger partial charge in [0, 0.05) is 28.9 Å². The molecule has 29 heavy (non-hydrogen) atoms. The van der Waals surface area contributed by atoms with Gasteiger partial charge in [-0.2, -0.15) is 8.42 Å². The van der Waals surface area contributed by atoms with Gasteiger partial charge in [-0.3, -0.25) is 4.79 Å². The molecule has 1 atom stereocenters. The highest BCUT2D eigenvalue weighted by Gasteiger charge is 2.39. The fourth-order valence-electron chi connectivity index (χ4n) is 3.12. The van der Waals surface area contributed by atoms with Crippen LogP contribution in [-0.2, 0) is 26.2 Å². The number of phenolic OH excluding ortho intramolecular Hbond substituents is 1. The third kappa shape index (κ3) is 5.08. The van der Waals surface area contributed by atoms with E-state index in [1.165, 1.54) is 17.8 Å². The van der Waals surface area contributed by atoms with Crippen LogP contribution in [0.3, 0.4) is 0 Å². The summed E-state index contributed by atoms with van der Waals surface area (Å²) in [7, 11) is -4.26. The van der Waals surface area contributed by atoms with Crippen molar-refractivity contribution in [2.75, 3.05) is 36.4 Å². The minimum atomic E-state index is -4.26. The van der Waals surface area contributed by atoms with Crippen LogP contribution in [0.1, 0.15) is 12.0 Å². The molecule has 0 aromatic heterocycles. The van der Waals surface area contributed by atoms with Crippen molar-refractivity contribution in [2.24, 2.45) is 0 Å². The van der Waals surface area contributed by atoms with Crippen LogP contribution in [0.2, 0.25) is 0 Å². The first-order valence-electron chi connectivity index (χ1n) is 8.78. The lowest BCUT2D eigenvalue weighted by Crippen LogP contribution is -2.37. The molecule has 1 saturated heterocycles. The molecular weight excluding hydrogens is 435 g/mol. The van der Waals surface area contributed by atoms with Crippen LogP contribution in [0.4, 0.5) is 18.9 Å². The smallest absolute Gasteiger partial charge is 0.326 e. The summed E-state index contributed by atoms with van der Waals surface area (Å²) in [6, 6.07) is 1.16. The predicted octanol–water partition coefficient (Wildman–Crippen LogP) is 0.990. The number of fused-ring (bicyclic) bond motifs is 1. The summed E-state index contributed by atoms with van der Waals surface area (Å²) >= 11 is 1.31. The monoisotopic (exact) mass is 455 g/mol. The summed E-state index contributed by atoms with van der Waals surface area (Å²) in [5.74, 6) is -1.68. The Morgan fingerprint density at radius 2 is 2.21 bits per heavy atom. The van der Waals surface area contributed by atoms with E-state index in [0.29, 0.717) is 27.9 Å². The van der Waals surface area contributed by atoms with E-state index < -0.39 is 52.9 Å². The lowest BCUT2D eigenvalue weighted by molar-refractivity contribution is -0.117. The summed E-state index contributed by atoms with van der Waals surface area (Å²) in [4.78, 5) is 11.9. The summed E-state index contributed by atoms with van der Waals surface area (Å²) in [5, 5.41) is 13.4. The zero-order chi connectivity index (χ0) is 21.2. The molecule has 0 spiro atoms. The predicted molar refractivity (Wildman–Crippen MR) is 100 cm³/mol. The Bertz CT molecular complexity index is 885. The fourth-order valence-corrected chi connectivity index (χ4v) is 5.45. The van der Waals surface area contributed by atoms with Crippen molar-refractivity contribution in [2.45, 2.75) is 30.2 Å². The second-order valence-corrected chi connectivity index (χ2v) is 9.21. The Morgan fingerprint density at radius 1 is 1.45 bits per heavy atom. The van der Waals surface area contributed by atoms with E-state index in [1.807, 2.05) is 0 Å². The molecule has 0 bridgehead atoms. The number of phenols is 1. The SMILES string of the molecule is O=C1CN(c2c(O)cc3c(c2F)C[C@H](NCCCOCC(F)F)CS3)S(=O)(=O)N1. The van der Waals surface area contributed by atoms with Crippen LogP contribution < -0.4 is 14.3 Å². The van der Waals surface area contributed by atoms with Gasteiger partial charge in [0.25, 0.3) is 12.3 Å². The first kappa shape index (κ1) is 22.0. The number of thioether (sulfide) groups is 1. The topological polar surface area (TPSA) is 108 Å². The Hall–Kier alpha value is -1.70. The van der Waals surface area contributed by atoms with Gasteiger partial charge >= 0.3 is 10.2 Å². The minimum absolute atomic E-state index is 0.135. The molecule has 1 amide bonds. The summed E-state index contributed by atoms with van der Waals surface area (Å²) in [6.45, 7) is -0.566. The number of amides is 1. The third-order valence-corrected chi connectivity index (χ3v) is 7.00. The van der Waals surface area contributed by atoms with Gasteiger partial charge in [-0.15, -0.1) is 11.8 Å². The second kappa shape index (κ2) is 8.98. The maximum absolute atomic E-state index is 15.1. The number of carbonyl (C=O) groups excluding carboxylic acids is 1. The fraction of sp³-hybridized carbons (Fsp3) is 0.562. The van der Waals surface area contributed by atoms with Gasteiger partial charge in [-0.1, -0.05) is 0 Å². The highest BCUT2D eigenvalue weighted by molar-refractivity contribution is 7.99. The standard InChI is InChI=1S/C16H20F3N3O5S2/c17-13(18)7-27-3-1-2-20-9-4-10-12(28-8-9)5-11(23)16(15(10)19)22-6-14(24)21-29(22,25)26/h5,9,13,20,23H,1-4,6-8H2,(H,21,24)/t9-/m0/s1. The first-order chi connectivity index (χ1) is 13.7. The average Bonchev–Trinajstić information content (AvgIpc) is 2.90. The number of rotatable bonds is 8. The average molecular weight is 455 g/mol. The van der Waals surface area contributed by atoms with Crippen molar-refractivity contribution in [3.63, 3.8) is 0 Å². The maximum atomic E-state index is 15.1. The van der Waals surface area contributed by atoms with Crippen LogP contribution in [0.15, 0.2) is 11.0 Å². The molecule has 2 aliphatic rings. The molecule has 1 aromatic rings. The van der Waals surface area contributed by atoms with Gasteiger partial charge in [0.2, 0.25) is 0 Å². The quantitative estimate of drug-likeness (QED) is 0.502. The molecule has 13 heteroatoms. The number of ether oxygens (including phenoxy) is 1. The van der Waals surface area contributed by atoms with Crippen molar-refractivity contribution in [1.82, 2.24) is 10.0 Å². The number of aromatic hydroxyl groups is 1. The molecule has 2 heterocycles. The van der Waals surface area contributed by atoms with E-state index in [1.54, 1.807) is 4.72 Å². The Balaban J connectivity index is 1.68. The Labute approximate surface area is 170 Å². The van der Waals surface area contributed by atoms with Gasteiger partial charge in [-0.25, -0.2) is 22.2 Å². The van der Waals surface area contributed by atoms with E-state index in [4.69, 9.17) is 4.74 Å². The number of anilines is 1. The molecule has 162 valence electrons. The molecule has 3 N–H and O–H groups in total. The van der Waals surface area contributed by atoms with Crippen molar-refractivity contribution in [3.05, 3.63) is 17.4 Å². The van der Waals surface area contributed by atoms with Crippen LogP contribution >= 0.6 is 11.8 Å². The van der Waals surface area contributed by atoms with Crippen LogP contribution in [0, 0.1) is 5.82 Å².